The molecular weight excluding hydrogens is 194 g/mol. The molecule has 1 saturated carbocycles. The number of nitrogens with zero attached hydrogens (tertiary/aromatic N) is 2. The van der Waals surface area contributed by atoms with Gasteiger partial charge in [0.2, 0.25) is 0 Å². The van der Waals surface area contributed by atoms with Crippen LogP contribution in [-0.2, 0) is 0 Å². The van der Waals surface area contributed by atoms with Crippen molar-refractivity contribution in [1.82, 2.24) is 14.9 Å². The zero-order valence-corrected chi connectivity index (χ0v) is 8.52. The van der Waals surface area contributed by atoms with Crippen LogP contribution in [0.2, 0.25) is 0 Å². The normalized spacial score (nSPS) is 19.0. The van der Waals surface area contributed by atoms with Crippen molar-refractivity contribution in [3.8, 4) is 0 Å². The molecule has 0 unspecified atom stereocenters. The van der Waals surface area contributed by atoms with E-state index in [0.717, 1.165) is 25.7 Å². The maximum Gasteiger partial charge on any atom is 0.326 e. The number of nitrogens with one attached hydrogen (secondary N) is 1. The smallest absolute Gasteiger partial charge is 0.326 e. The number of aromatic nitrogens is 2. The van der Waals surface area contributed by atoms with E-state index in [2.05, 4.69) is 10.3 Å². The molecule has 0 aromatic carbocycles. The Morgan fingerprint density at radius 1 is 1.53 bits per heavy atom. The first-order chi connectivity index (χ1) is 7.20. The Balaban J connectivity index is 1.85. The van der Waals surface area contributed by atoms with Crippen LogP contribution in [0.25, 0.3) is 0 Å². The number of hydrogen-bond acceptors (Lipinski definition) is 3. The molecule has 5 nitrogen and oxygen atoms in total. The van der Waals surface area contributed by atoms with Crippen LogP contribution in [0.15, 0.2) is 18.7 Å². The average molecular weight is 209 g/mol. The van der Waals surface area contributed by atoms with E-state index >= 15 is 0 Å². The Labute approximate surface area is 88.1 Å². The summed E-state index contributed by atoms with van der Waals surface area (Å²) >= 11 is 0. The molecule has 2 N–H and O–H groups in total. The van der Waals surface area contributed by atoms with Crippen molar-refractivity contribution in [2.24, 2.45) is 0 Å². The second-order valence-corrected chi connectivity index (χ2v) is 4.06. The van der Waals surface area contributed by atoms with Gasteiger partial charge in [0.25, 0.3) is 0 Å². The van der Waals surface area contributed by atoms with Crippen LogP contribution in [0.3, 0.4) is 0 Å². The topological polar surface area (TPSA) is 67.2 Å². The Morgan fingerprint density at radius 2 is 2.27 bits per heavy atom. The number of hydrogen-bond donors (Lipinski definition) is 2. The Bertz CT molecular complexity index is 328. The van der Waals surface area contributed by atoms with E-state index in [1.807, 2.05) is 0 Å². The van der Waals surface area contributed by atoms with Crippen LogP contribution in [0.1, 0.15) is 25.7 Å². The van der Waals surface area contributed by atoms with Crippen molar-refractivity contribution in [2.45, 2.75) is 31.3 Å². The van der Waals surface area contributed by atoms with Crippen LogP contribution in [0.5, 0.6) is 0 Å². The first-order valence-corrected chi connectivity index (χ1v) is 5.18. The van der Waals surface area contributed by atoms with Gasteiger partial charge in [-0.15, -0.1) is 0 Å². The van der Waals surface area contributed by atoms with Gasteiger partial charge in [-0.25, -0.2) is 9.78 Å². The van der Waals surface area contributed by atoms with E-state index in [9.17, 15) is 9.90 Å². The Hall–Kier alpha value is -1.36. The second kappa shape index (κ2) is 4.02. The molecule has 1 fully saturated rings. The van der Waals surface area contributed by atoms with Crippen molar-refractivity contribution >= 4 is 6.03 Å². The summed E-state index contributed by atoms with van der Waals surface area (Å²) < 4.78 is 1.36. The lowest BCUT2D eigenvalue weighted by Crippen LogP contribution is -2.42. The predicted octanol–water partition coefficient (Wildman–Crippen LogP) is 0.746. The zero-order chi connectivity index (χ0) is 10.7. The van der Waals surface area contributed by atoms with Crippen LogP contribution < -0.4 is 5.32 Å². The van der Waals surface area contributed by atoms with E-state index in [0.29, 0.717) is 6.54 Å². The largest absolute Gasteiger partial charge is 0.388 e. The molecule has 0 spiro atoms. The van der Waals surface area contributed by atoms with Gasteiger partial charge in [-0.3, -0.25) is 4.57 Å². The number of amides is 1. The fraction of sp³-hybridized carbons (Fsp3) is 0.600. The molecule has 0 saturated heterocycles. The summed E-state index contributed by atoms with van der Waals surface area (Å²) in [4.78, 5) is 15.3. The molecule has 1 aliphatic carbocycles. The molecular formula is C10H15N3O2. The fourth-order valence-corrected chi connectivity index (χ4v) is 1.92. The highest BCUT2D eigenvalue weighted by Gasteiger charge is 2.31. The predicted molar refractivity (Wildman–Crippen MR) is 54.4 cm³/mol. The van der Waals surface area contributed by atoms with Crippen molar-refractivity contribution in [1.29, 1.82) is 0 Å². The first-order valence-electron chi connectivity index (χ1n) is 5.18. The second-order valence-electron chi connectivity index (χ2n) is 4.06. The number of carbonyl (C=O) groups is 1. The van der Waals surface area contributed by atoms with Crippen molar-refractivity contribution < 1.29 is 9.90 Å². The molecule has 2 rings (SSSR count). The highest BCUT2D eigenvalue weighted by molar-refractivity contribution is 5.76. The molecule has 1 heterocycles. The van der Waals surface area contributed by atoms with E-state index in [4.69, 9.17) is 0 Å². The minimum absolute atomic E-state index is 0.243. The van der Waals surface area contributed by atoms with E-state index in [-0.39, 0.29) is 6.03 Å². The van der Waals surface area contributed by atoms with Gasteiger partial charge in [-0.2, -0.15) is 0 Å². The summed E-state index contributed by atoms with van der Waals surface area (Å²) in [5.41, 5.74) is -0.698. The monoisotopic (exact) mass is 209 g/mol. The molecule has 0 radical (unpaired) electrons. The number of carbonyl (C=O) groups excluding carboxylic acids is 1. The number of rotatable bonds is 2. The highest BCUT2D eigenvalue weighted by Crippen LogP contribution is 2.28. The van der Waals surface area contributed by atoms with Gasteiger partial charge >= 0.3 is 6.03 Å². The summed E-state index contributed by atoms with van der Waals surface area (Å²) in [6.45, 7) is 0.323. The zero-order valence-electron chi connectivity index (χ0n) is 8.52. The van der Waals surface area contributed by atoms with Crippen molar-refractivity contribution in [3.63, 3.8) is 0 Å². The lowest BCUT2D eigenvalue weighted by atomic mass is 10.0. The summed E-state index contributed by atoms with van der Waals surface area (Å²) in [6, 6.07) is -0.243. The van der Waals surface area contributed by atoms with Gasteiger partial charge < -0.3 is 10.4 Å². The van der Waals surface area contributed by atoms with Gasteiger partial charge in [0.15, 0.2) is 0 Å². The molecule has 15 heavy (non-hydrogen) atoms. The van der Waals surface area contributed by atoms with E-state index < -0.39 is 5.60 Å². The van der Waals surface area contributed by atoms with Gasteiger partial charge in [-0.1, -0.05) is 12.8 Å². The molecule has 0 aliphatic heterocycles. The van der Waals surface area contributed by atoms with E-state index in [1.54, 1.807) is 12.4 Å². The van der Waals surface area contributed by atoms with Crippen molar-refractivity contribution in [3.05, 3.63) is 18.7 Å². The van der Waals surface area contributed by atoms with Crippen LogP contribution in [0.4, 0.5) is 4.79 Å². The molecule has 0 bridgehead atoms. The number of aliphatic hydroxyl groups is 1. The van der Waals surface area contributed by atoms with Gasteiger partial charge in [0.1, 0.15) is 6.33 Å². The molecule has 1 aliphatic rings. The van der Waals surface area contributed by atoms with Gasteiger partial charge in [0, 0.05) is 18.9 Å². The third-order valence-corrected chi connectivity index (χ3v) is 2.84. The van der Waals surface area contributed by atoms with Crippen LogP contribution in [0, 0.1) is 0 Å². The maximum absolute atomic E-state index is 11.5. The molecule has 82 valence electrons. The van der Waals surface area contributed by atoms with Gasteiger partial charge in [-0.05, 0) is 12.8 Å². The third-order valence-electron chi connectivity index (χ3n) is 2.84. The summed E-state index contributed by atoms with van der Waals surface area (Å²) in [7, 11) is 0. The minimum Gasteiger partial charge on any atom is -0.388 e. The summed E-state index contributed by atoms with van der Waals surface area (Å²) in [5, 5.41) is 12.7. The Morgan fingerprint density at radius 3 is 2.87 bits per heavy atom. The highest BCUT2D eigenvalue weighted by atomic mass is 16.3. The SMILES string of the molecule is O=C(NCC1(O)CCCC1)n1ccnc1. The minimum atomic E-state index is -0.698. The van der Waals surface area contributed by atoms with Crippen LogP contribution in [-0.4, -0.2) is 32.8 Å². The molecule has 1 amide bonds. The third kappa shape index (κ3) is 2.36. The van der Waals surface area contributed by atoms with Gasteiger partial charge in [0.05, 0.1) is 5.60 Å². The Kier molecular flexibility index (Phi) is 2.73. The average Bonchev–Trinajstić information content (AvgIpc) is 2.85. The molecule has 0 atom stereocenters. The molecule has 1 aromatic rings. The number of imidazole rings is 1. The van der Waals surface area contributed by atoms with Crippen LogP contribution >= 0.6 is 0 Å². The molecule has 1 aromatic heterocycles. The fourth-order valence-electron chi connectivity index (χ4n) is 1.92. The summed E-state index contributed by atoms with van der Waals surface area (Å²) in [5.74, 6) is 0. The summed E-state index contributed by atoms with van der Waals surface area (Å²) in [6.07, 6.45) is 8.19. The van der Waals surface area contributed by atoms with Crippen molar-refractivity contribution in [2.75, 3.05) is 6.54 Å². The standard InChI is InChI=1S/C10H15N3O2/c14-9(13-6-5-11-8-13)12-7-10(15)3-1-2-4-10/h5-6,8,15H,1-4,7H2,(H,12,14). The lowest BCUT2D eigenvalue weighted by Gasteiger charge is -2.22. The van der Waals surface area contributed by atoms with E-state index in [1.165, 1.54) is 10.9 Å². The lowest BCUT2D eigenvalue weighted by molar-refractivity contribution is 0.0502. The molecule has 5 heteroatoms. The first kappa shape index (κ1) is 10.2. The maximum atomic E-state index is 11.5. The quantitative estimate of drug-likeness (QED) is 0.755.